The van der Waals surface area contributed by atoms with Crippen LogP contribution in [0.2, 0.25) is 0 Å². The van der Waals surface area contributed by atoms with Gasteiger partial charge in [0.2, 0.25) is 11.8 Å². The molecule has 0 bridgehead atoms. The number of aromatic nitrogens is 2. The second-order valence-electron chi connectivity index (χ2n) is 6.51. The van der Waals surface area contributed by atoms with E-state index in [0.717, 1.165) is 6.54 Å². The first-order chi connectivity index (χ1) is 9.33. The van der Waals surface area contributed by atoms with Gasteiger partial charge in [-0.1, -0.05) is 20.8 Å². The van der Waals surface area contributed by atoms with Gasteiger partial charge >= 0.3 is 0 Å². The zero-order valence-electron chi connectivity index (χ0n) is 12.3. The minimum absolute atomic E-state index is 0.0730. The summed E-state index contributed by atoms with van der Waals surface area (Å²) in [5.41, 5.74) is 0.0730. The van der Waals surface area contributed by atoms with E-state index in [0.29, 0.717) is 13.0 Å². The molecule has 2 amide bonds. The summed E-state index contributed by atoms with van der Waals surface area (Å²) >= 11 is 0. The van der Waals surface area contributed by atoms with Crippen LogP contribution in [0, 0.1) is 5.41 Å². The van der Waals surface area contributed by atoms with Crippen LogP contribution in [0.5, 0.6) is 0 Å². The molecule has 1 aliphatic heterocycles. The smallest absolute Gasteiger partial charge is 0.242 e. The molecule has 1 fully saturated rings. The number of hydrogen-bond acceptors (Lipinski definition) is 3. The maximum atomic E-state index is 11.9. The van der Waals surface area contributed by atoms with E-state index < -0.39 is 0 Å². The van der Waals surface area contributed by atoms with Gasteiger partial charge in [-0.25, -0.2) is 0 Å². The summed E-state index contributed by atoms with van der Waals surface area (Å²) in [5, 5.41) is 6.89. The fourth-order valence-corrected chi connectivity index (χ4v) is 2.41. The van der Waals surface area contributed by atoms with E-state index in [1.54, 1.807) is 23.1 Å². The Balaban J connectivity index is 1.83. The van der Waals surface area contributed by atoms with Crippen molar-refractivity contribution in [3.8, 4) is 0 Å². The molecule has 0 unspecified atom stereocenters. The van der Waals surface area contributed by atoms with Crippen LogP contribution in [0.25, 0.3) is 0 Å². The molecule has 0 spiro atoms. The summed E-state index contributed by atoms with van der Waals surface area (Å²) in [6.07, 6.45) is 3.77. The molecule has 0 aliphatic carbocycles. The second-order valence-corrected chi connectivity index (χ2v) is 6.51. The number of carbonyl (C=O) groups excluding carboxylic acids is 2. The van der Waals surface area contributed by atoms with Gasteiger partial charge in [0.05, 0.1) is 6.04 Å². The predicted molar refractivity (Wildman–Crippen MR) is 74.8 cm³/mol. The highest BCUT2D eigenvalue weighted by atomic mass is 16.2. The number of nitrogens with one attached hydrogen (secondary N) is 1. The van der Waals surface area contributed by atoms with Crippen LogP contribution < -0.4 is 5.32 Å². The quantitative estimate of drug-likeness (QED) is 0.879. The average Bonchev–Trinajstić information content (AvgIpc) is 2.88. The van der Waals surface area contributed by atoms with Crippen molar-refractivity contribution >= 4 is 11.8 Å². The largest absolute Gasteiger partial charge is 0.349 e. The van der Waals surface area contributed by atoms with E-state index in [4.69, 9.17) is 0 Å². The Kier molecular flexibility index (Phi) is 4.11. The first-order valence-electron chi connectivity index (χ1n) is 6.88. The third kappa shape index (κ3) is 4.08. The first kappa shape index (κ1) is 14.6. The summed E-state index contributed by atoms with van der Waals surface area (Å²) in [6, 6.07) is 1.69. The number of hydrogen-bond donors (Lipinski definition) is 1. The second kappa shape index (κ2) is 5.64. The minimum Gasteiger partial charge on any atom is -0.349 e. The van der Waals surface area contributed by atoms with Crippen LogP contribution >= 0.6 is 0 Å². The van der Waals surface area contributed by atoms with Gasteiger partial charge < -0.3 is 10.2 Å². The van der Waals surface area contributed by atoms with E-state index in [1.807, 2.05) is 4.90 Å². The Bertz CT molecular complexity index is 476. The van der Waals surface area contributed by atoms with Crippen LogP contribution in [0.1, 0.15) is 27.2 Å². The van der Waals surface area contributed by atoms with Gasteiger partial charge in [0.1, 0.15) is 6.54 Å². The molecule has 2 rings (SSSR count). The van der Waals surface area contributed by atoms with Gasteiger partial charge in [0.25, 0.3) is 0 Å². The molecule has 1 aliphatic rings. The van der Waals surface area contributed by atoms with Crippen molar-refractivity contribution in [2.24, 2.45) is 5.41 Å². The van der Waals surface area contributed by atoms with Gasteiger partial charge in [-0.15, -0.1) is 0 Å². The lowest BCUT2D eigenvalue weighted by molar-refractivity contribution is -0.128. The molecule has 1 aromatic rings. The molecule has 20 heavy (non-hydrogen) atoms. The van der Waals surface area contributed by atoms with Gasteiger partial charge in [0, 0.05) is 31.9 Å². The SMILES string of the molecule is CC(C)(C)CN1C[C@@H](NC(=O)Cn2cccn2)CC1=O. The Morgan fingerprint density at radius 1 is 1.50 bits per heavy atom. The highest BCUT2D eigenvalue weighted by molar-refractivity contribution is 5.82. The van der Waals surface area contributed by atoms with Crippen LogP contribution in [-0.4, -0.2) is 45.6 Å². The van der Waals surface area contributed by atoms with E-state index in [-0.39, 0.29) is 29.8 Å². The van der Waals surface area contributed by atoms with E-state index >= 15 is 0 Å². The Morgan fingerprint density at radius 3 is 2.85 bits per heavy atom. The van der Waals surface area contributed by atoms with Crippen molar-refractivity contribution in [2.75, 3.05) is 13.1 Å². The molecule has 2 heterocycles. The summed E-state index contributed by atoms with van der Waals surface area (Å²) in [5.74, 6) is 0.00780. The van der Waals surface area contributed by atoms with Crippen LogP contribution in [-0.2, 0) is 16.1 Å². The Labute approximate surface area is 119 Å². The molecule has 1 saturated heterocycles. The number of amides is 2. The third-order valence-electron chi connectivity index (χ3n) is 3.11. The monoisotopic (exact) mass is 278 g/mol. The lowest BCUT2D eigenvalue weighted by atomic mass is 9.96. The fourth-order valence-electron chi connectivity index (χ4n) is 2.41. The minimum atomic E-state index is -0.107. The van der Waals surface area contributed by atoms with Crippen molar-refractivity contribution in [3.63, 3.8) is 0 Å². The summed E-state index contributed by atoms with van der Waals surface area (Å²) < 4.78 is 1.57. The molecule has 1 atom stereocenters. The summed E-state index contributed by atoms with van der Waals surface area (Å²) in [6.45, 7) is 7.81. The predicted octanol–water partition coefficient (Wildman–Crippen LogP) is 0.646. The van der Waals surface area contributed by atoms with Crippen LogP contribution in [0.15, 0.2) is 18.5 Å². The van der Waals surface area contributed by atoms with Gasteiger partial charge in [-0.2, -0.15) is 5.10 Å². The van der Waals surface area contributed by atoms with Gasteiger partial charge in [-0.05, 0) is 11.5 Å². The number of nitrogens with zero attached hydrogens (tertiary/aromatic N) is 3. The van der Waals surface area contributed by atoms with Crippen molar-refractivity contribution in [1.82, 2.24) is 20.0 Å². The third-order valence-corrected chi connectivity index (χ3v) is 3.11. The van der Waals surface area contributed by atoms with E-state index in [9.17, 15) is 9.59 Å². The lowest BCUT2D eigenvalue weighted by Crippen LogP contribution is -2.40. The Morgan fingerprint density at radius 2 is 2.25 bits per heavy atom. The molecule has 0 aromatic carbocycles. The lowest BCUT2D eigenvalue weighted by Gasteiger charge is -2.26. The van der Waals surface area contributed by atoms with E-state index in [2.05, 4.69) is 31.2 Å². The molecule has 1 aromatic heterocycles. The molecular formula is C14H22N4O2. The summed E-state index contributed by atoms with van der Waals surface area (Å²) in [7, 11) is 0. The summed E-state index contributed by atoms with van der Waals surface area (Å²) in [4.78, 5) is 25.6. The molecular weight excluding hydrogens is 256 g/mol. The molecule has 1 N–H and O–H groups in total. The van der Waals surface area contributed by atoms with Gasteiger partial charge in [0.15, 0.2) is 0 Å². The molecule has 0 saturated carbocycles. The zero-order chi connectivity index (χ0) is 14.8. The van der Waals surface area contributed by atoms with Crippen molar-refractivity contribution < 1.29 is 9.59 Å². The average molecular weight is 278 g/mol. The maximum absolute atomic E-state index is 11.9. The van der Waals surface area contributed by atoms with Gasteiger partial charge in [-0.3, -0.25) is 14.3 Å². The number of likely N-dealkylation sites (tertiary alicyclic amines) is 1. The number of rotatable bonds is 4. The van der Waals surface area contributed by atoms with E-state index in [1.165, 1.54) is 0 Å². The zero-order valence-corrected chi connectivity index (χ0v) is 12.3. The number of carbonyl (C=O) groups is 2. The highest BCUT2D eigenvalue weighted by Gasteiger charge is 2.32. The molecule has 6 nitrogen and oxygen atoms in total. The topological polar surface area (TPSA) is 67.2 Å². The van der Waals surface area contributed by atoms with Crippen molar-refractivity contribution in [1.29, 1.82) is 0 Å². The highest BCUT2D eigenvalue weighted by Crippen LogP contribution is 2.20. The van der Waals surface area contributed by atoms with Crippen molar-refractivity contribution in [3.05, 3.63) is 18.5 Å². The van der Waals surface area contributed by atoms with Crippen molar-refractivity contribution in [2.45, 2.75) is 39.8 Å². The molecule has 0 radical (unpaired) electrons. The fraction of sp³-hybridized carbons (Fsp3) is 0.643. The molecule has 6 heteroatoms. The normalized spacial score (nSPS) is 19.4. The molecule has 110 valence electrons. The maximum Gasteiger partial charge on any atom is 0.242 e. The van der Waals surface area contributed by atoms with Crippen LogP contribution in [0.4, 0.5) is 0 Å². The van der Waals surface area contributed by atoms with Crippen LogP contribution in [0.3, 0.4) is 0 Å². The standard InChI is InChI=1S/C14H22N4O2/c1-14(2,3)10-17-8-11(7-13(17)20)16-12(19)9-18-6-4-5-15-18/h4-6,11H,7-10H2,1-3H3,(H,16,19)/t11-/m0/s1. The Hall–Kier alpha value is -1.85. The first-order valence-corrected chi connectivity index (χ1v) is 6.88.